The molecular formula is C17H24BrNO3S. The first-order chi connectivity index (χ1) is 10.7. The first kappa shape index (κ1) is 17.2. The Bertz CT molecular complexity index is 599. The number of nitrogens with zero attached hydrogens (tertiary/aromatic N) is 1. The van der Waals surface area contributed by atoms with Gasteiger partial charge in [0.05, 0.1) is 10.4 Å². The summed E-state index contributed by atoms with van der Waals surface area (Å²) in [7, 11) is 0. The second kappa shape index (κ2) is 6.05. The minimum atomic E-state index is -0.450. The number of rotatable bonds is 0. The van der Waals surface area contributed by atoms with Crippen LogP contribution in [0.3, 0.4) is 0 Å². The summed E-state index contributed by atoms with van der Waals surface area (Å²) in [6.07, 6.45) is 1.45. The van der Waals surface area contributed by atoms with Crippen LogP contribution in [0, 0.1) is 0 Å². The summed E-state index contributed by atoms with van der Waals surface area (Å²) in [6, 6.07) is 2.23. The number of halogens is 1. The lowest BCUT2D eigenvalue weighted by molar-refractivity contribution is -0.101. The van der Waals surface area contributed by atoms with Crippen LogP contribution in [-0.4, -0.2) is 36.3 Å². The molecule has 23 heavy (non-hydrogen) atoms. The molecule has 0 aromatic carbocycles. The molecule has 3 heterocycles. The molecule has 0 saturated carbocycles. The highest BCUT2D eigenvalue weighted by Crippen LogP contribution is 2.49. The van der Waals surface area contributed by atoms with Crippen molar-refractivity contribution >= 4 is 33.4 Å². The lowest BCUT2D eigenvalue weighted by Gasteiger charge is -2.45. The van der Waals surface area contributed by atoms with E-state index in [1.165, 1.54) is 10.4 Å². The van der Waals surface area contributed by atoms with E-state index in [9.17, 15) is 4.79 Å². The van der Waals surface area contributed by atoms with E-state index in [0.29, 0.717) is 19.0 Å². The normalized spacial score (nSPS) is 23.7. The molecule has 1 spiro atoms. The van der Waals surface area contributed by atoms with E-state index in [4.69, 9.17) is 9.47 Å². The van der Waals surface area contributed by atoms with Crippen molar-refractivity contribution in [1.82, 2.24) is 4.90 Å². The van der Waals surface area contributed by atoms with E-state index in [1.54, 1.807) is 16.2 Å². The molecule has 128 valence electrons. The van der Waals surface area contributed by atoms with E-state index < -0.39 is 5.60 Å². The monoisotopic (exact) mass is 401 g/mol. The van der Waals surface area contributed by atoms with Crippen LogP contribution in [0.2, 0.25) is 0 Å². The van der Waals surface area contributed by atoms with Crippen LogP contribution in [0.5, 0.6) is 0 Å². The number of carbonyl (C=O) groups excluding carboxylic acids is 1. The highest BCUT2D eigenvalue weighted by Gasteiger charge is 2.45. The Morgan fingerprint density at radius 2 is 2.09 bits per heavy atom. The van der Waals surface area contributed by atoms with Crippen molar-refractivity contribution in [2.45, 2.75) is 57.7 Å². The molecule has 0 N–H and O–H groups in total. The zero-order valence-corrected chi connectivity index (χ0v) is 16.6. The molecule has 1 fully saturated rings. The van der Waals surface area contributed by atoms with Gasteiger partial charge < -0.3 is 14.4 Å². The van der Waals surface area contributed by atoms with Crippen LogP contribution in [0.25, 0.3) is 0 Å². The van der Waals surface area contributed by atoms with Gasteiger partial charge in [-0.3, -0.25) is 0 Å². The van der Waals surface area contributed by atoms with Crippen molar-refractivity contribution in [1.29, 1.82) is 0 Å². The maximum atomic E-state index is 12.2. The van der Waals surface area contributed by atoms with Crippen molar-refractivity contribution in [2.75, 3.05) is 19.7 Å². The van der Waals surface area contributed by atoms with Gasteiger partial charge in [0.25, 0.3) is 0 Å². The van der Waals surface area contributed by atoms with Gasteiger partial charge in [0, 0.05) is 23.9 Å². The van der Waals surface area contributed by atoms with Gasteiger partial charge in [-0.15, -0.1) is 11.3 Å². The summed E-state index contributed by atoms with van der Waals surface area (Å²) in [5, 5.41) is 0. The van der Waals surface area contributed by atoms with E-state index in [2.05, 4.69) is 28.9 Å². The van der Waals surface area contributed by atoms with Crippen LogP contribution >= 0.6 is 27.3 Å². The third-order valence-corrected chi connectivity index (χ3v) is 6.35. The zero-order valence-electron chi connectivity index (χ0n) is 14.1. The average Bonchev–Trinajstić information content (AvgIpc) is 2.86. The van der Waals surface area contributed by atoms with Gasteiger partial charge in [-0.05, 0) is 61.2 Å². The Kier molecular flexibility index (Phi) is 4.53. The number of carbonyl (C=O) groups is 1. The molecule has 0 radical (unpaired) electrons. The molecule has 2 aliphatic heterocycles. The summed E-state index contributed by atoms with van der Waals surface area (Å²) in [4.78, 5) is 15.4. The molecule has 1 aromatic heterocycles. The molecule has 2 aliphatic rings. The van der Waals surface area contributed by atoms with Crippen molar-refractivity contribution < 1.29 is 14.3 Å². The van der Waals surface area contributed by atoms with Gasteiger partial charge in [-0.25, -0.2) is 4.79 Å². The Morgan fingerprint density at radius 3 is 2.70 bits per heavy atom. The maximum Gasteiger partial charge on any atom is 0.410 e. The molecular weight excluding hydrogens is 378 g/mol. The fraction of sp³-hybridized carbons (Fsp3) is 0.706. The van der Waals surface area contributed by atoms with Crippen LogP contribution in [0.15, 0.2) is 9.85 Å². The molecule has 1 saturated heterocycles. The van der Waals surface area contributed by atoms with Crippen molar-refractivity contribution in [2.24, 2.45) is 0 Å². The number of thiophene rings is 1. The predicted octanol–water partition coefficient (Wildman–Crippen LogP) is 4.87. The van der Waals surface area contributed by atoms with Gasteiger partial charge in [-0.1, -0.05) is 6.92 Å². The Morgan fingerprint density at radius 1 is 1.43 bits per heavy atom. The number of likely N-dealkylation sites (tertiary alicyclic amines) is 1. The summed E-state index contributed by atoms with van der Waals surface area (Å²) in [6.45, 7) is 10.0. The molecule has 1 amide bonds. The van der Waals surface area contributed by atoms with Gasteiger partial charge >= 0.3 is 6.09 Å². The highest BCUT2D eigenvalue weighted by atomic mass is 79.9. The van der Waals surface area contributed by atoms with Crippen molar-refractivity contribution in [3.63, 3.8) is 0 Å². The van der Waals surface area contributed by atoms with Gasteiger partial charge in [-0.2, -0.15) is 0 Å². The molecule has 1 atom stereocenters. The van der Waals surface area contributed by atoms with Crippen LogP contribution in [-0.2, 0) is 15.1 Å². The number of hydrogen-bond donors (Lipinski definition) is 0. The quantitative estimate of drug-likeness (QED) is 0.622. The standard InChI is InChI=1S/C17H24BrNO3S/c1-11-10-21-17(14-12(11)9-13(18)23-14)5-7-19(8-6-17)15(20)22-16(2,3)4/h9,11H,5-8,10H2,1-4H3. The summed E-state index contributed by atoms with van der Waals surface area (Å²) >= 11 is 5.39. The molecule has 3 rings (SSSR count). The molecule has 1 unspecified atom stereocenters. The number of fused-ring (bicyclic) bond motifs is 2. The number of hydrogen-bond acceptors (Lipinski definition) is 4. The van der Waals surface area contributed by atoms with Crippen molar-refractivity contribution in [3.8, 4) is 0 Å². The molecule has 1 aromatic rings. The first-order valence-electron chi connectivity index (χ1n) is 8.12. The second-order valence-electron chi connectivity index (χ2n) is 7.51. The third kappa shape index (κ3) is 3.44. The van der Waals surface area contributed by atoms with Crippen LogP contribution in [0.1, 0.15) is 56.9 Å². The molecule has 0 bridgehead atoms. The minimum Gasteiger partial charge on any atom is -0.444 e. The Labute approximate surface area is 150 Å². The maximum absolute atomic E-state index is 12.2. The smallest absolute Gasteiger partial charge is 0.410 e. The summed E-state index contributed by atoms with van der Waals surface area (Å²) in [5.74, 6) is 0.432. The topological polar surface area (TPSA) is 38.8 Å². The van der Waals surface area contributed by atoms with Crippen molar-refractivity contribution in [3.05, 3.63) is 20.3 Å². The van der Waals surface area contributed by atoms with E-state index in [-0.39, 0.29) is 11.7 Å². The van der Waals surface area contributed by atoms with Crippen LogP contribution < -0.4 is 0 Å². The van der Waals surface area contributed by atoms with E-state index >= 15 is 0 Å². The SMILES string of the molecule is CC1COC2(CCN(C(=O)OC(C)(C)C)CC2)c2sc(Br)cc21. The predicted molar refractivity (Wildman–Crippen MR) is 95.1 cm³/mol. The van der Waals surface area contributed by atoms with Gasteiger partial charge in [0.15, 0.2) is 0 Å². The van der Waals surface area contributed by atoms with E-state index in [0.717, 1.165) is 23.2 Å². The Hall–Kier alpha value is -0.590. The minimum absolute atomic E-state index is 0.218. The summed E-state index contributed by atoms with van der Waals surface area (Å²) < 4.78 is 12.9. The number of ether oxygens (including phenoxy) is 2. The fourth-order valence-corrected chi connectivity index (χ4v) is 5.22. The van der Waals surface area contributed by atoms with E-state index in [1.807, 2.05) is 20.8 Å². The average molecular weight is 402 g/mol. The highest BCUT2D eigenvalue weighted by molar-refractivity contribution is 9.11. The summed E-state index contributed by atoms with van der Waals surface area (Å²) in [5.41, 5.74) is 0.727. The third-order valence-electron chi connectivity index (χ3n) is 4.51. The number of piperidine rings is 1. The first-order valence-corrected chi connectivity index (χ1v) is 9.73. The van der Waals surface area contributed by atoms with Crippen LogP contribution in [0.4, 0.5) is 4.79 Å². The van der Waals surface area contributed by atoms with Gasteiger partial charge in [0.2, 0.25) is 0 Å². The zero-order chi connectivity index (χ0) is 16.8. The lowest BCUT2D eigenvalue weighted by Crippen LogP contribution is -2.49. The molecule has 4 nitrogen and oxygen atoms in total. The molecule has 0 aliphatic carbocycles. The number of amides is 1. The lowest BCUT2D eigenvalue weighted by atomic mass is 9.83. The second-order valence-corrected chi connectivity index (χ2v) is 9.94. The largest absolute Gasteiger partial charge is 0.444 e. The van der Waals surface area contributed by atoms with Gasteiger partial charge in [0.1, 0.15) is 11.2 Å². The Balaban J connectivity index is 1.74. The molecule has 6 heteroatoms. The fourth-order valence-electron chi connectivity index (χ4n) is 3.28.